The van der Waals surface area contributed by atoms with Crippen molar-refractivity contribution in [3.63, 3.8) is 0 Å². The highest BCUT2D eigenvalue weighted by Gasteiger charge is 2.09. The van der Waals surface area contributed by atoms with Crippen molar-refractivity contribution in [2.75, 3.05) is 21.3 Å². The topological polar surface area (TPSA) is 41.7 Å². The number of methoxy groups -OCH3 is 2. The van der Waals surface area contributed by atoms with E-state index in [9.17, 15) is 5.11 Å². The van der Waals surface area contributed by atoms with Crippen molar-refractivity contribution in [3.8, 4) is 17.2 Å². The molecule has 1 rings (SSSR count). The molecule has 1 N–H and O–H groups in total. The minimum absolute atomic E-state index is 0.0372. The van der Waals surface area contributed by atoms with Gasteiger partial charge in [0.2, 0.25) is 5.75 Å². The standard InChI is InChI=1S/C11H12NO3/c1-12(2)7-8-5-9(14-3)11(13)10(6-8)15-4/h5-7H,1,3-4H3/q-1/p+1. The Bertz CT molecular complexity index is 356. The van der Waals surface area contributed by atoms with Crippen molar-refractivity contribution in [1.29, 1.82) is 0 Å². The number of hydrogen-bond donors (Lipinski definition) is 1. The average Bonchev–Trinajstić information content (AvgIpc) is 2.19. The molecule has 0 aliphatic carbocycles. The van der Waals surface area contributed by atoms with Crippen LogP contribution in [0.2, 0.25) is 0 Å². The molecule has 0 spiro atoms. The van der Waals surface area contributed by atoms with Crippen molar-refractivity contribution in [1.82, 2.24) is 0 Å². The number of phenols is 1. The van der Waals surface area contributed by atoms with Gasteiger partial charge >= 0.3 is 0 Å². The van der Waals surface area contributed by atoms with Gasteiger partial charge in [0.05, 0.1) is 14.2 Å². The molecule has 1 aromatic carbocycles. The van der Waals surface area contributed by atoms with E-state index in [0.29, 0.717) is 11.5 Å². The lowest BCUT2D eigenvalue weighted by Crippen LogP contribution is -1.98. The van der Waals surface area contributed by atoms with Gasteiger partial charge in [0.25, 0.3) is 0 Å². The van der Waals surface area contributed by atoms with Crippen molar-refractivity contribution >= 4 is 6.21 Å². The summed E-state index contributed by atoms with van der Waals surface area (Å²) in [4.78, 5) is 0. The third-order valence-electron chi connectivity index (χ3n) is 1.84. The number of nitrogens with zero attached hydrogens (tertiary/aromatic N) is 1. The number of rotatable bonds is 3. The summed E-state index contributed by atoms with van der Waals surface area (Å²) >= 11 is 0. The van der Waals surface area contributed by atoms with Crippen molar-refractivity contribution in [3.05, 3.63) is 24.7 Å². The maximum Gasteiger partial charge on any atom is 0.200 e. The van der Waals surface area contributed by atoms with E-state index in [1.165, 1.54) is 14.2 Å². The van der Waals surface area contributed by atoms with Gasteiger partial charge in [-0.1, -0.05) is 0 Å². The summed E-state index contributed by atoms with van der Waals surface area (Å²) in [5.41, 5.74) is 0.721. The van der Waals surface area contributed by atoms with Gasteiger partial charge in [0, 0.05) is 13.3 Å². The first kappa shape index (κ1) is 11.2. The van der Waals surface area contributed by atoms with E-state index in [1.54, 1.807) is 25.4 Å². The van der Waals surface area contributed by atoms with Gasteiger partial charge in [-0.15, -0.1) is 0 Å². The quantitative estimate of drug-likeness (QED) is 0.457. The molecule has 0 heterocycles. The third kappa shape index (κ3) is 2.56. The summed E-state index contributed by atoms with van der Waals surface area (Å²) in [6.07, 6.45) is 1.57. The van der Waals surface area contributed by atoms with Gasteiger partial charge < -0.3 is 19.2 Å². The summed E-state index contributed by atoms with van der Waals surface area (Å²) in [5.74, 6) is 0.606. The lowest BCUT2D eigenvalue weighted by Gasteiger charge is -2.10. The molecule has 4 heteroatoms. The highest BCUT2D eigenvalue weighted by molar-refractivity contribution is 5.79. The van der Waals surface area contributed by atoms with Crippen molar-refractivity contribution < 1.29 is 19.2 Å². The van der Waals surface area contributed by atoms with Gasteiger partial charge in [-0.05, 0) is 17.7 Å². The van der Waals surface area contributed by atoms with E-state index >= 15 is 0 Å². The average molecular weight is 207 g/mol. The molecule has 15 heavy (non-hydrogen) atoms. The number of hydrogen-bond acceptors (Lipinski definition) is 3. The van der Waals surface area contributed by atoms with Crippen LogP contribution < -0.4 is 9.47 Å². The molecule has 0 aliphatic rings. The molecule has 0 atom stereocenters. The van der Waals surface area contributed by atoms with E-state index in [0.717, 1.165) is 10.1 Å². The lowest BCUT2D eigenvalue weighted by atomic mass is 10.2. The Kier molecular flexibility index (Phi) is 3.44. The van der Waals surface area contributed by atoms with Crippen molar-refractivity contribution in [2.24, 2.45) is 0 Å². The fraction of sp³-hybridized carbons (Fsp3) is 0.273. The Morgan fingerprint density at radius 3 is 2.07 bits per heavy atom. The molecule has 0 aromatic heterocycles. The maximum absolute atomic E-state index is 9.62. The second-order valence-electron chi connectivity index (χ2n) is 3.01. The SMILES string of the molecule is [C-][N+](C)=Cc1cc(OC)c(O)c(OC)c1. The minimum atomic E-state index is -0.0372. The number of benzene rings is 1. The normalized spacial score (nSPS) is 11.3. The van der Waals surface area contributed by atoms with Crippen LogP contribution in [-0.2, 0) is 0 Å². The summed E-state index contributed by atoms with van der Waals surface area (Å²) < 4.78 is 11.1. The van der Waals surface area contributed by atoms with Crippen LogP contribution in [0, 0.1) is 7.05 Å². The number of aromatic hydroxyl groups is 1. The lowest BCUT2D eigenvalue weighted by molar-refractivity contribution is -0.424. The molecule has 2 radical (unpaired) electrons. The van der Waals surface area contributed by atoms with Crippen LogP contribution in [0.15, 0.2) is 12.1 Å². The van der Waals surface area contributed by atoms with Crippen molar-refractivity contribution in [2.45, 2.75) is 0 Å². The van der Waals surface area contributed by atoms with Gasteiger partial charge in [0.15, 0.2) is 11.5 Å². The van der Waals surface area contributed by atoms with E-state index in [-0.39, 0.29) is 5.75 Å². The first-order chi connectivity index (χ1) is 7.08. The van der Waals surface area contributed by atoms with E-state index in [4.69, 9.17) is 16.5 Å². The monoisotopic (exact) mass is 207 g/mol. The summed E-state index contributed by atoms with van der Waals surface area (Å²) in [6, 6.07) is 3.26. The van der Waals surface area contributed by atoms with Crippen LogP contribution in [0.4, 0.5) is 0 Å². The predicted octanol–water partition coefficient (Wildman–Crippen LogP) is 1.02. The van der Waals surface area contributed by atoms with E-state index in [1.807, 2.05) is 0 Å². The smallest absolute Gasteiger partial charge is 0.200 e. The Hall–Kier alpha value is -1.84. The molecule has 80 valence electrons. The second kappa shape index (κ2) is 4.59. The largest absolute Gasteiger partial charge is 0.502 e. The van der Waals surface area contributed by atoms with Gasteiger partial charge in [-0.2, -0.15) is 0 Å². The molecule has 0 aliphatic heterocycles. The predicted molar refractivity (Wildman–Crippen MR) is 55.8 cm³/mol. The number of ether oxygens (including phenoxy) is 2. The first-order valence-corrected chi connectivity index (χ1v) is 4.32. The van der Waals surface area contributed by atoms with Crippen LogP contribution >= 0.6 is 0 Å². The molecule has 0 bridgehead atoms. The molecule has 0 saturated carbocycles. The highest BCUT2D eigenvalue weighted by atomic mass is 16.5. The summed E-state index contributed by atoms with van der Waals surface area (Å²) in [7, 11) is 11.8. The highest BCUT2D eigenvalue weighted by Crippen LogP contribution is 2.36. The number of phenolic OH excluding ortho intramolecular Hbond substituents is 1. The summed E-state index contributed by atoms with van der Waals surface area (Å²) in [6.45, 7) is 0. The zero-order chi connectivity index (χ0) is 11.4. The van der Waals surface area contributed by atoms with Crippen LogP contribution in [0.3, 0.4) is 0 Å². The maximum atomic E-state index is 9.62. The zero-order valence-corrected chi connectivity index (χ0v) is 8.94. The Labute approximate surface area is 89.4 Å². The molecular formula is C11H13NO3. The van der Waals surface area contributed by atoms with Crippen LogP contribution in [-0.4, -0.2) is 37.2 Å². The van der Waals surface area contributed by atoms with Crippen LogP contribution in [0.25, 0.3) is 0 Å². The Morgan fingerprint density at radius 1 is 1.27 bits per heavy atom. The van der Waals surface area contributed by atoms with Gasteiger partial charge in [-0.25, -0.2) is 0 Å². The van der Waals surface area contributed by atoms with E-state index < -0.39 is 0 Å². The van der Waals surface area contributed by atoms with Gasteiger partial charge in [0.1, 0.15) is 7.05 Å². The molecule has 1 aromatic rings. The first-order valence-electron chi connectivity index (χ1n) is 4.32. The fourth-order valence-corrected chi connectivity index (χ4v) is 1.21. The second-order valence-corrected chi connectivity index (χ2v) is 3.01. The Balaban J connectivity index is 3.27. The fourth-order valence-electron chi connectivity index (χ4n) is 1.21. The molecular weight excluding hydrogens is 194 g/mol. The Morgan fingerprint density at radius 2 is 1.73 bits per heavy atom. The van der Waals surface area contributed by atoms with Gasteiger partial charge in [-0.3, -0.25) is 0 Å². The van der Waals surface area contributed by atoms with Crippen LogP contribution in [0.5, 0.6) is 17.2 Å². The molecule has 0 amide bonds. The zero-order valence-electron chi connectivity index (χ0n) is 8.94. The molecule has 0 fully saturated rings. The molecule has 0 unspecified atom stereocenters. The summed E-state index contributed by atoms with van der Waals surface area (Å²) in [5, 5.41) is 9.62. The molecule has 0 saturated heterocycles. The van der Waals surface area contributed by atoms with E-state index in [2.05, 4.69) is 0 Å². The third-order valence-corrected chi connectivity index (χ3v) is 1.84. The van der Waals surface area contributed by atoms with Crippen LogP contribution in [0.1, 0.15) is 5.56 Å². The molecule has 4 nitrogen and oxygen atoms in total. The minimum Gasteiger partial charge on any atom is -0.502 e.